The van der Waals surface area contributed by atoms with Crippen LogP contribution in [0.4, 0.5) is 5.69 Å². The lowest BCUT2D eigenvalue weighted by molar-refractivity contribution is -0.125. The van der Waals surface area contributed by atoms with Crippen molar-refractivity contribution >= 4 is 28.9 Å². The molecule has 0 bridgehead atoms. The summed E-state index contributed by atoms with van der Waals surface area (Å²) in [4.78, 5) is 24.2. The third-order valence-corrected chi connectivity index (χ3v) is 3.99. The van der Waals surface area contributed by atoms with Crippen LogP contribution in [0.25, 0.3) is 0 Å². The van der Waals surface area contributed by atoms with Crippen LogP contribution < -0.4 is 14.8 Å². The lowest BCUT2D eigenvalue weighted by Gasteiger charge is -2.25. The number of nitrogens with one attached hydrogen (secondary N) is 1. The van der Waals surface area contributed by atoms with Crippen molar-refractivity contribution in [3.8, 4) is 11.5 Å². The summed E-state index contributed by atoms with van der Waals surface area (Å²) in [5, 5.41) is 4.38. The molecule has 2 aromatic rings. The smallest absolute Gasteiger partial charge is 0.350 e. The van der Waals surface area contributed by atoms with Gasteiger partial charge in [0.1, 0.15) is 11.5 Å². The van der Waals surface area contributed by atoms with E-state index in [1.54, 1.807) is 29.6 Å². The fourth-order valence-corrected chi connectivity index (χ4v) is 2.79. The van der Waals surface area contributed by atoms with Crippen LogP contribution in [-0.2, 0) is 9.53 Å². The van der Waals surface area contributed by atoms with Gasteiger partial charge in [-0.1, -0.05) is 12.1 Å². The van der Waals surface area contributed by atoms with Gasteiger partial charge in [0.2, 0.25) is 6.10 Å². The molecule has 1 aromatic heterocycles. The summed E-state index contributed by atoms with van der Waals surface area (Å²) in [5.41, 5.74) is 0.407. The molecule has 3 rings (SSSR count). The molecule has 0 saturated heterocycles. The standard InChI is InChI=1S/C15H13NO5S/c1-19-15(18)13-9(6-7-22-13)16-14(17)12-8-20-10-4-2-3-5-11(10)21-12/h2-7,12H,8H2,1H3,(H,16,17)/t12-/m0/s1. The summed E-state index contributed by atoms with van der Waals surface area (Å²) >= 11 is 1.20. The molecular formula is C15H13NO5S. The molecule has 1 atom stereocenters. The Morgan fingerprint density at radius 3 is 2.82 bits per heavy atom. The zero-order valence-corrected chi connectivity index (χ0v) is 12.5. The predicted molar refractivity (Wildman–Crippen MR) is 80.6 cm³/mol. The van der Waals surface area contributed by atoms with Gasteiger partial charge in [0.25, 0.3) is 5.91 Å². The lowest BCUT2D eigenvalue weighted by atomic mass is 10.2. The van der Waals surface area contributed by atoms with Gasteiger partial charge in [-0.25, -0.2) is 4.79 Å². The quantitative estimate of drug-likeness (QED) is 0.879. The second-order valence-electron chi connectivity index (χ2n) is 4.51. The van der Waals surface area contributed by atoms with Crippen molar-refractivity contribution in [3.63, 3.8) is 0 Å². The number of anilines is 1. The Bertz CT molecular complexity index is 711. The van der Waals surface area contributed by atoms with E-state index in [4.69, 9.17) is 9.47 Å². The summed E-state index contributed by atoms with van der Waals surface area (Å²) in [7, 11) is 1.29. The zero-order valence-electron chi connectivity index (χ0n) is 11.7. The van der Waals surface area contributed by atoms with Crippen molar-refractivity contribution in [3.05, 3.63) is 40.6 Å². The molecule has 114 valence electrons. The fourth-order valence-electron chi connectivity index (χ4n) is 2.02. The molecular weight excluding hydrogens is 306 g/mol. The number of thiophene rings is 1. The topological polar surface area (TPSA) is 73.9 Å². The molecule has 22 heavy (non-hydrogen) atoms. The summed E-state index contributed by atoms with van der Waals surface area (Å²) in [6.45, 7) is 0.112. The van der Waals surface area contributed by atoms with Gasteiger partial charge in [0, 0.05) is 0 Å². The van der Waals surface area contributed by atoms with Crippen LogP contribution in [0.3, 0.4) is 0 Å². The minimum Gasteiger partial charge on any atom is -0.485 e. The van der Waals surface area contributed by atoms with Gasteiger partial charge in [-0.05, 0) is 23.6 Å². The van der Waals surface area contributed by atoms with Gasteiger partial charge in [0.15, 0.2) is 11.5 Å². The number of methoxy groups -OCH3 is 1. The molecule has 0 radical (unpaired) electrons. The van der Waals surface area contributed by atoms with Crippen molar-refractivity contribution in [2.45, 2.75) is 6.10 Å². The first-order valence-corrected chi connectivity index (χ1v) is 7.42. The van der Waals surface area contributed by atoms with Gasteiger partial charge >= 0.3 is 5.97 Å². The Labute approximate surface area is 130 Å². The van der Waals surface area contributed by atoms with Crippen LogP contribution in [0, 0.1) is 0 Å². The van der Waals surface area contributed by atoms with Crippen molar-refractivity contribution < 1.29 is 23.8 Å². The Kier molecular flexibility index (Phi) is 3.97. The lowest BCUT2D eigenvalue weighted by Crippen LogP contribution is -2.40. The first-order valence-electron chi connectivity index (χ1n) is 6.54. The highest BCUT2D eigenvalue weighted by atomic mass is 32.1. The van der Waals surface area contributed by atoms with Gasteiger partial charge in [-0.15, -0.1) is 11.3 Å². The number of hydrogen-bond acceptors (Lipinski definition) is 6. The average molecular weight is 319 g/mol. The monoisotopic (exact) mass is 319 g/mol. The highest BCUT2D eigenvalue weighted by Crippen LogP contribution is 2.31. The molecule has 1 aliphatic heterocycles. The number of carbonyl (C=O) groups is 2. The second kappa shape index (κ2) is 6.07. The van der Waals surface area contributed by atoms with Crippen LogP contribution in [0.2, 0.25) is 0 Å². The normalized spacial score (nSPS) is 16.0. The Morgan fingerprint density at radius 2 is 2.05 bits per heavy atom. The number of rotatable bonds is 3. The van der Waals surface area contributed by atoms with E-state index < -0.39 is 12.1 Å². The molecule has 7 heteroatoms. The largest absolute Gasteiger partial charge is 0.485 e. The van der Waals surface area contributed by atoms with E-state index in [2.05, 4.69) is 10.1 Å². The van der Waals surface area contributed by atoms with Crippen LogP contribution in [0.1, 0.15) is 9.67 Å². The number of hydrogen-bond donors (Lipinski definition) is 1. The highest BCUT2D eigenvalue weighted by Gasteiger charge is 2.28. The van der Waals surface area contributed by atoms with E-state index in [0.29, 0.717) is 22.1 Å². The summed E-state index contributed by atoms with van der Waals surface area (Å²) in [5.74, 6) is 0.263. The van der Waals surface area contributed by atoms with Crippen LogP contribution >= 0.6 is 11.3 Å². The number of esters is 1. The Morgan fingerprint density at radius 1 is 1.27 bits per heavy atom. The molecule has 1 aliphatic rings. The van der Waals surface area contributed by atoms with E-state index >= 15 is 0 Å². The maximum atomic E-state index is 12.3. The summed E-state index contributed by atoms with van der Waals surface area (Å²) in [6.07, 6.45) is -0.778. The number of para-hydroxylation sites is 2. The van der Waals surface area contributed by atoms with E-state index in [1.165, 1.54) is 18.4 Å². The Balaban J connectivity index is 1.71. The van der Waals surface area contributed by atoms with Crippen molar-refractivity contribution in [2.75, 3.05) is 19.0 Å². The summed E-state index contributed by atoms with van der Waals surface area (Å²) in [6, 6.07) is 8.79. The van der Waals surface area contributed by atoms with Crippen LogP contribution in [-0.4, -0.2) is 31.7 Å². The molecule has 1 N–H and O–H groups in total. The molecule has 1 amide bonds. The van der Waals surface area contributed by atoms with Gasteiger partial charge < -0.3 is 19.5 Å². The third kappa shape index (κ3) is 2.75. The van der Waals surface area contributed by atoms with Crippen molar-refractivity contribution in [1.82, 2.24) is 0 Å². The summed E-state index contributed by atoms with van der Waals surface area (Å²) < 4.78 is 15.8. The van der Waals surface area contributed by atoms with E-state index in [1.807, 2.05) is 6.07 Å². The third-order valence-electron chi connectivity index (χ3n) is 3.09. The number of carbonyl (C=O) groups excluding carboxylic acids is 2. The second-order valence-corrected chi connectivity index (χ2v) is 5.42. The maximum absolute atomic E-state index is 12.3. The maximum Gasteiger partial charge on any atom is 0.350 e. The van der Waals surface area contributed by atoms with E-state index in [9.17, 15) is 9.59 Å². The predicted octanol–water partition coefficient (Wildman–Crippen LogP) is 2.31. The molecule has 6 nitrogen and oxygen atoms in total. The van der Waals surface area contributed by atoms with Gasteiger partial charge in [0.05, 0.1) is 12.8 Å². The fraction of sp³-hybridized carbons (Fsp3) is 0.200. The molecule has 2 heterocycles. The zero-order chi connectivity index (χ0) is 15.5. The van der Waals surface area contributed by atoms with E-state index in [-0.39, 0.29) is 12.5 Å². The Hall–Kier alpha value is -2.54. The van der Waals surface area contributed by atoms with Gasteiger partial charge in [-0.3, -0.25) is 4.79 Å². The molecule has 0 saturated carbocycles. The first kappa shape index (κ1) is 14.4. The van der Waals surface area contributed by atoms with Crippen LogP contribution in [0.15, 0.2) is 35.7 Å². The number of benzene rings is 1. The first-order chi connectivity index (χ1) is 10.7. The number of fused-ring (bicyclic) bond motifs is 1. The minimum absolute atomic E-state index is 0.112. The minimum atomic E-state index is -0.778. The molecule has 0 spiro atoms. The molecule has 0 unspecified atom stereocenters. The van der Waals surface area contributed by atoms with Crippen molar-refractivity contribution in [1.29, 1.82) is 0 Å². The number of amides is 1. The molecule has 0 aliphatic carbocycles. The molecule has 0 fully saturated rings. The van der Waals surface area contributed by atoms with Crippen molar-refractivity contribution in [2.24, 2.45) is 0 Å². The van der Waals surface area contributed by atoms with Gasteiger partial charge in [-0.2, -0.15) is 0 Å². The van der Waals surface area contributed by atoms with Crippen LogP contribution in [0.5, 0.6) is 11.5 Å². The number of ether oxygens (including phenoxy) is 3. The molecule has 1 aromatic carbocycles. The SMILES string of the molecule is COC(=O)c1sccc1NC(=O)[C@@H]1COc2ccccc2O1. The van der Waals surface area contributed by atoms with E-state index in [0.717, 1.165) is 0 Å². The highest BCUT2D eigenvalue weighted by molar-refractivity contribution is 7.12. The average Bonchev–Trinajstić information content (AvgIpc) is 3.01.